The number of carboxylic acids is 1. The van der Waals surface area contributed by atoms with Crippen LogP contribution in [0.25, 0.3) is 0 Å². The number of amides is 1. The molecule has 6 heteroatoms. The second-order valence-electron chi connectivity index (χ2n) is 4.00. The van der Waals surface area contributed by atoms with Crippen LogP contribution in [0.2, 0.25) is 0 Å². The largest absolute Gasteiger partial charge is 0.507 e. The van der Waals surface area contributed by atoms with E-state index < -0.39 is 17.4 Å². The molecule has 1 amide bonds. The van der Waals surface area contributed by atoms with E-state index in [2.05, 4.69) is 21.2 Å². The SMILES string of the molecule is O=C(NC1(C(=O)O)CC1)c1cc(Br)ccc1O. The Bertz CT molecular complexity index is 496. The van der Waals surface area contributed by atoms with Crippen LogP contribution < -0.4 is 5.32 Å². The third-order valence-corrected chi connectivity index (χ3v) is 3.21. The maximum Gasteiger partial charge on any atom is 0.329 e. The Balaban J connectivity index is 2.21. The first-order chi connectivity index (χ1) is 7.94. The molecule has 0 aliphatic heterocycles. The summed E-state index contributed by atoms with van der Waals surface area (Å²) < 4.78 is 0.639. The van der Waals surface area contributed by atoms with Crippen LogP contribution in [0.3, 0.4) is 0 Å². The molecule has 90 valence electrons. The molecule has 5 nitrogen and oxygen atoms in total. The molecular formula is C11H10BrNO4. The molecule has 3 N–H and O–H groups in total. The minimum atomic E-state index is -1.15. The molecular weight excluding hydrogens is 290 g/mol. The summed E-state index contributed by atoms with van der Waals surface area (Å²) in [4.78, 5) is 22.7. The van der Waals surface area contributed by atoms with Gasteiger partial charge >= 0.3 is 5.97 Å². The van der Waals surface area contributed by atoms with Gasteiger partial charge in [0, 0.05) is 4.47 Å². The Morgan fingerprint density at radius 1 is 1.35 bits per heavy atom. The Labute approximate surface area is 106 Å². The number of carbonyl (C=O) groups is 2. The highest BCUT2D eigenvalue weighted by Gasteiger charge is 2.51. The standard InChI is InChI=1S/C11H10BrNO4/c12-6-1-2-8(14)7(5-6)9(15)13-11(3-4-11)10(16)17/h1-2,5,14H,3-4H2,(H,13,15)(H,16,17). The summed E-state index contributed by atoms with van der Waals surface area (Å²) in [6.45, 7) is 0. The lowest BCUT2D eigenvalue weighted by atomic mass is 10.1. The maximum atomic E-state index is 11.8. The zero-order valence-electron chi connectivity index (χ0n) is 8.74. The fourth-order valence-corrected chi connectivity index (χ4v) is 1.85. The Kier molecular flexibility index (Phi) is 2.82. The zero-order chi connectivity index (χ0) is 12.6. The van der Waals surface area contributed by atoms with Gasteiger partial charge in [-0.1, -0.05) is 15.9 Å². The lowest BCUT2D eigenvalue weighted by Gasteiger charge is -2.13. The fraction of sp³-hybridized carbons (Fsp3) is 0.273. The quantitative estimate of drug-likeness (QED) is 0.789. The van der Waals surface area contributed by atoms with Crippen molar-refractivity contribution in [2.45, 2.75) is 18.4 Å². The first kappa shape index (κ1) is 11.9. The molecule has 0 aromatic heterocycles. The number of aromatic hydroxyl groups is 1. The van der Waals surface area contributed by atoms with E-state index in [0.29, 0.717) is 17.3 Å². The van der Waals surface area contributed by atoms with Crippen molar-refractivity contribution >= 4 is 27.8 Å². The van der Waals surface area contributed by atoms with Crippen molar-refractivity contribution in [3.05, 3.63) is 28.2 Å². The van der Waals surface area contributed by atoms with Crippen molar-refractivity contribution in [3.63, 3.8) is 0 Å². The van der Waals surface area contributed by atoms with Gasteiger partial charge < -0.3 is 15.5 Å². The average molecular weight is 300 g/mol. The van der Waals surface area contributed by atoms with Crippen LogP contribution in [0.15, 0.2) is 22.7 Å². The number of carbonyl (C=O) groups excluding carboxylic acids is 1. The normalized spacial score (nSPS) is 16.3. The fourth-order valence-electron chi connectivity index (χ4n) is 1.49. The van der Waals surface area contributed by atoms with E-state index in [4.69, 9.17) is 5.11 Å². The third kappa shape index (κ3) is 2.26. The smallest absolute Gasteiger partial charge is 0.329 e. The van der Waals surface area contributed by atoms with Crippen LogP contribution in [-0.2, 0) is 4.79 Å². The molecule has 17 heavy (non-hydrogen) atoms. The summed E-state index contributed by atoms with van der Waals surface area (Å²) in [5.74, 6) is -1.80. The molecule has 1 aromatic rings. The van der Waals surface area contributed by atoms with Crippen molar-refractivity contribution in [2.24, 2.45) is 0 Å². The molecule has 0 saturated heterocycles. The van der Waals surface area contributed by atoms with Crippen LogP contribution in [0.1, 0.15) is 23.2 Å². The number of hydrogen-bond acceptors (Lipinski definition) is 3. The molecule has 0 atom stereocenters. The molecule has 0 heterocycles. The first-order valence-electron chi connectivity index (χ1n) is 4.99. The van der Waals surface area contributed by atoms with E-state index in [-0.39, 0.29) is 11.3 Å². The van der Waals surface area contributed by atoms with E-state index in [1.807, 2.05) is 0 Å². The molecule has 1 aliphatic rings. The molecule has 0 unspecified atom stereocenters. The Morgan fingerprint density at radius 3 is 2.53 bits per heavy atom. The third-order valence-electron chi connectivity index (χ3n) is 2.72. The average Bonchev–Trinajstić information content (AvgIpc) is 3.02. The summed E-state index contributed by atoms with van der Waals surface area (Å²) >= 11 is 3.18. The van der Waals surface area contributed by atoms with Gasteiger partial charge in [0.15, 0.2) is 0 Å². The number of phenols is 1. The van der Waals surface area contributed by atoms with Crippen LogP contribution >= 0.6 is 15.9 Å². The Hall–Kier alpha value is -1.56. The predicted octanol–water partition coefficient (Wildman–Crippen LogP) is 1.50. The second kappa shape index (κ2) is 4.03. The zero-order valence-corrected chi connectivity index (χ0v) is 10.3. The van der Waals surface area contributed by atoms with Gasteiger partial charge in [0.05, 0.1) is 5.56 Å². The monoisotopic (exact) mass is 299 g/mol. The highest BCUT2D eigenvalue weighted by molar-refractivity contribution is 9.10. The van der Waals surface area contributed by atoms with Crippen LogP contribution in [0.4, 0.5) is 0 Å². The Morgan fingerprint density at radius 2 is 2.00 bits per heavy atom. The van der Waals surface area contributed by atoms with Gasteiger partial charge in [-0.2, -0.15) is 0 Å². The van der Waals surface area contributed by atoms with Gasteiger partial charge in [0.2, 0.25) is 0 Å². The summed E-state index contributed by atoms with van der Waals surface area (Å²) in [6, 6.07) is 4.41. The number of hydrogen-bond donors (Lipinski definition) is 3. The number of rotatable bonds is 3. The molecule has 1 aromatic carbocycles. The van der Waals surface area contributed by atoms with Gasteiger partial charge in [0.1, 0.15) is 11.3 Å². The van der Waals surface area contributed by atoms with Crippen molar-refractivity contribution in [3.8, 4) is 5.75 Å². The number of aliphatic carboxylic acids is 1. The van der Waals surface area contributed by atoms with E-state index >= 15 is 0 Å². The number of nitrogens with one attached hydrogen (secondary N) is 1. The summed E-state index contributed by atoms with van der Waals surface area (Å²) in [5, 5.41) is 20.9. The van der Waals surface area contributed by atoms with Crippen molar-refractivity contribution in [1.82, 2.24) is 5.32 Å². The number of benzene rings is 1. The molecule has 0 radical (unpaired) electrons. The summed E-state index contributed by atoms with van der Waals surface area (Å²) in [6.07, 6.45) is 0.839. The van der Waals surface area contributed by atoms with Crippen LogP contribution in [0.5, 0.6) is 5.75 Å². The van der Waals surface area contributed by atoms with Crippen LogP contribution in [0, 0.1) is 0 Å². The topological polar surface area (TPSA) is 86.6 Å². The minimum Gasteiger partial charge on any atom is -0.507 e. The van der Waals surface area contributed by atoms with E-state index in [1.54, 1.807) is 6.07 Å². The van der Waals surface area contributed by atoms with E-state index in [0.717, 1.165) is 0 Å². The highest BCUT2D eigenvalue weighted by atomic mass is 79.9. The predicted molar refractivity (Wildman–Crippen MR) is 62.9 cm³/mol. The summed E-state index contributed by atoms with van der Waals surface area (Å²) in [5.41, 5.74) is -1.09. The van der Waals surface area contributed by atoms with Gasteiger partial charge in [0.25, 0.3) is 5.91 Å². The molecule has 1 aliphatic carbocycles. The van der Waals surface area contributed by atoms with Crippen molar-refractivity contribution in [2.75, 3.05) is 0 Å². The van der Waals surface area contributed by atoms with Crippen molar-refractivity contribution in [1.29, 1.82) is 0 Å². The molecule has 0 spiro atoms. The van der Waals surface area contributed by atoms with E-state index in [1.165, 1.54) is 12.1 Å². The van der Waals surface area contributed by atoms with Gasteiger partial charge in [-0.15, -0.1) is 0 Å². The summed E-state index contributed by atoms with van der Waals surface area (Å²) in [7, 11) is 0. The second-order valence-corrected chi connectivity index (χ2v) is 4.92. The minimum absolute atomic E-state index is 0.0619. The highest BCUT2D eigenvalue weighted by Crippen LogP contribution is 2.36. The first-order valence-corrected chi connectivity index (χ1v) is 5.78. The van der Waals surface area contributed by atoms with Gasteiger partial charge in [-0.3, -0.25) is 4.79 Å². The lowest BCUT2D eigenvalue weighted by Crippen LogP contribution is -2.43. The van der Waals surface area contributed by atoms with Crippen molar-refractivity contribution < 1.29 is 19.8 Å². The van der Waals surface area contributed by atoms with Gasteiger partial charge in [-0.05, 0) is 31.0 Å². The molecule has 1 fully saturated rings. The maximum absolute atomic E-state index is 11.8. The molecule has 2 rings (SSSR count). The lowest BCUT2D eigenvalue weighted by molar-refractivity contribution is -0.140. The number of halogens is 1. The number of carboxylic acid groups (broad SMARTS) is 1. The van der Waals surface area contributed by atoms with Gasteiger partial charge in [-0.25, -0.2) is 4.79 Å². The van der Waals surface area contributed by atoms with Crippen LogP contribution in [-0.4, -0.2) is 27.6 Å². The number of phenolic OH excluding ortho intramolecular Hbond substituents is 1. The van der Waals surface area contributed by atoms with E-state index in [9.17, 15) is 14.7 Å². The molecule has 1 saturated carbocycles. The molecule has 0 bridgehead atoms.